The highest BCUT2D eigenvalue weighted by atomic mass is 16.4. The molecule has 72 valence electrons. The Kier molecular flexibility index (Phi) is 4.59. The maximum absolute atomic E-state index is 10.5. The third-order valence-corrected chi connectivity index (χ3v) is 1.59. The van der Waals surface area contributed by atoms with Gasteiger partial charge in [-0.3, -0.25) is 0 Å². The molecule has 0 aromatic rings. The van der Waals surface area contributed by atoms with E-state index in [0.717, 1.165) is 0 Å². The number of hydrogen-bond donors (Lipinski definition) is 2. The van der Waals surface area contributed by atoms with Crippen molar-refractivity contribution in [2.75, 3.05) is 0 Å². The fraction of sp³-hybridized carbons (Fsp3) is 0.300. The van der Waals surface area contributed by atoms with Crippen molar-refractivity contribution in [1.82, 2.24) is 0 Å². The van der Waals surface area contributed by atoms with Gasteiger partial charge in [-0.2, -0.15) is 0 Å². The van der Waals surface area contributed by atoms with Crippen LogP contribution in [0.1, 0.15) is 13.8 Å². The summed E-state index contributed by atoms with van der Waals surface area (Å²) in [6, 6.07) is 0. The lowest BCUT2D eigenvalue weighted by atomic mass is 10.1. The SMILES string of the molecule is C=C/C(=C\C=C(/N)C(C)C)C(=O)O. The summed E-state index contributed by atoms with van der Waals surface area (Å²) in [6.45, 7) is 7.26. The Morgan fingerprint density at radius 2 is 2.00 bits per heavy atom. The molecule has 0 unspecified atom stereocenters. The fourth-order valence-corrected chi connectivity index (χ4v) is 0.605. The molecule has 0 atom stereocenters. The Labute approximate surface area is 78.3 Å². The van der Waals surface area contributed by atoms with Crippen LogP contribution < -0.4 is 5.73 Å². The Balaban J connectivity index is 4.64. The molecule has 3 heteroatoms. The fourth-order valence-electron chi connectivity index (χ4n) is 0.605. The highest BCUT2D eigenvalue weighted by molar-refractivity contribution is 5.89. The summed E-state index contributed by atoms with van der Waals surface area (Å²) in [7, 11) is 0. The molecule has 0 saturated carbocycles. The van der Waals surface area contributed by atoms with Crippen LogP contribution in [0, 0.1) is 5.92 Å². The van der Waals surface area contributed by atoms with Gasteiger partial charge in [-0.15, -0.1) is 0 Å². The number of nitrogens with two attached hydrogens (primary N) is 1. The van der Waals surface area contributed by atoms with Crippen molar-refractivity contribution in [3.05, 3.63) is 36.1 Å². The number of hydrogen-bond acceptors (Lipinski definition) is 2. The van der Waals surface area contributed by atoms with E-state index in [4.69, 9.17) is 10.8 Å². The van der Waals surface area contributed by atoms with E-state index < -0.39 is 5.97 Å². The van der Waals surface area contributed by atoms with E-state index in [9.17, 15) is 4.79 Å². The van der Waals surface area contributed by atoms with E-state index in [1.54, 1.807) is 6.08 Å². The summed E-state index contributed by atoms with van der Waals surface area (Å²) in [5, 5.41) is 8.62. The first-order chi connectivity index (χ1) is 5.99. The molecule has 3 N–H and O–H groups in total. The second-order valence-electron chi connectivity index (χ2n) is 2.95. The predicted octanol–water partition coefficient (Wildman–Crippen LogP) is 1.68. The monoisotopic (exact) mass is 181 g/mol. The molecule has 0 bridgehead atoms. The zero-order valence-electron chi connectivity index (χ0n) is 7.95. The lowest BCUT2D eigenvalue weighted by Crippen LogP contribution is -2.04. The number of allylic oxidation sites excluding steroid dienone is 3. The summed E-state index contributed by atoms with van der Waals surface area (Å²) in [5.41, 5.74) is 6.40. The first-order valence-electron chi connectivity index (χ1n) is 4.02. The van der Waals surface area contributed by atoms with Gasteiger partial charge in [-0.05, 0) is 18.1 Å². The van der Waals surface area contributed by atoms with Crippen LogP contribution in [0.3, 0.4) is 0 Å². The molecule has 0 fully saturated rings. The Hall–Kier alpha value is -1.51. The van der Waals surface area contributed by atoms with Crippen LogP contribution in [0.4, 0.5) is 0 Å². The molecule has 0 aromatic heterocycles. The minimum Gasteiger partial charge on any atom is -0.478 e. The van der Waals surface area contributed by atoms with Crippen LogP contribution in [0.5, 0.6) is 0 Å². The van der Waals surface area contributed by atoms with E-state index in [-0.39, 0.29) is 11.5 Å². The zero-order valence-corrected chi connectivity index (χ0v) is 7.95. The van der Waals surface area contributed by atoms with Crippen LogP contribution in [0.2, 0.25) is 0 Å². The third kappa shape index (κ3) is 4.15. The molecule has 0 heterocycles. The van der Waals surface area contributed by atoms with Crippen molar-refractivity contribution in [1.29, 1.82) is 0 Å². The molecular formula is C10H15NO2. The van der Waals surface area contributed by atoms with Crippen LogP contribution in [0.25, 0.3) is 0 Å². The van der Waals surface area contributed by atoms with Gasteiger partial charge >= 0.3 is 5.97 Å². The minimum absolute atomic E-state index is 0.142. The Morgan fingerprint density at radius 1 is 1.46 bits per heavy atom. The molecule has 0 spiro atoms. The molecule has 0 aliphatic rings. The van der Waals surface area contributed by atoms with E-state index in [1.165, 1.54) is 12.2 Å². The van der Waals surface area contributed by atoms with Crippen molar-refractivity contribution in [2.24, 2.45) is 11.7 Å². The largest absolute Gasteiger partial charge is 0.478 e. The zero-order chi connectivity index (χ0) is 10.4. The number of carbonyl (C=O) groups is 1. The predicted molar refractivity (Wildman–Crippen MR) is 53.0 cm³/mol. The maximum Gasteiger partial charge on any atom is 0.335 e. The van der Waals surface area contributed by atoms with E-state index >= 15 is 0 Å². The molecule has 0 aliphatic carbocycles. The van der Waals surface area contributed by atoms with Gasteiger partial charge in [0.1, 0.15) is 0 Å². The topological polar surface area (TPSA) is 63.3 Å². The maximum atomic E-state index is 10.5. The van der Waals surface area contributed by atoms with Gasteiger partial charge in [0.2, 0.25) is 0 Å². The molecule has 0 amide bonds. The van der Waals surface area contributed by atoms with Crippen molar-refractivity contribution in [2.45, 2.75) is 13.8 Å². The highest BCUT2D eigenvalue weighted by Crippen LogP contribution is 2.04. The molecule has 0 saturated heterocycles. The van der Waals surface area contributed by atoms with Gasteiger partial charge in [0.25, 0.3) is 0 Å². The molecule has 13 heavy (non-hydrogen) atoms. The normalized spacial score (nSPS) is 13.2. The first kappa shape index (κ1) is 11.5. The van der Waals surface area contributed by atoms with E-state index in [2.05, 4.69) is 6.58 Å². The number of carboxylic acid groups (broad SMARTS) is 1. The van der Waals surface area contributed by atoms with Gasteiger partial charge < -0.3 is 10.8 Å². The van der Waals surface area contributed by atoms with Crippen molar-refractivity contribution in [3.8, 4) is 0 Å². The Morgan fingerprint density at radius 3 is 2.31 bits per heavy atom. The van der Waals surface area contributed by atoms with Crippen LogP contribution in [-0.4, -0.2) is 11.1 Å². The summed E-state index contributed by atoms with van der Waals surface area (Å²) < 4.78 is 0. The summed E-state index contributed by atoms with van der Waals surface area (Å²) >= 11 is 0. The van der Waals surface area contributed by atoms with Crippen molar-refractivity contribution < 1.29 is 9.90 Å². The molecule has 0 rings (SSSR count). The van der Waals surface area contributed by atoms with Crippen LogP contribution in [0.15, 0.2) is 36.1 Å². The lowest BCUT2D eigenvalue weighted by molar-refractivity contribution is -0.132. The van der Waals surface area contributed by atoms with Crippen LogP contribution in [-0.2, 0) is 4.79 Å². The van der Waals surface area contributed by atoms with Crippen molar-refractivity contribution >= 4 is 5.97 Å². The Bertz CT molecular complexity index is 262. The molecule has 0 aliphatic heterocycles. The van der Waals surface area contributed by atoms with E-state index in [0.29, 0.717) is 5.70 Å². The molecule has 0 aromatic carbocycles. The number of carboxylic acids is 1. The average Bonchev–Trinajstić information content (AvgIpc) is 2.04. The summed E-state index contributed by atoms with van der Waals surface area (Å²) in [4.78, 5) is 10.5. The van der Waals surface area contributed by atoms with Gasteiger partial charge in [0.05, 0.1) is 5.57 Å². The number of aliphatic carboxylic acids is 1. The smallest absolute Gasteiger partial charge is 0.335 e. The minimum atomic E-state index is -0.997. The second-order valence-corrected chi connectivity index (χ2v) is 2.95. The lowest BCUT2D eigenvalue weighted by Gasteiger charge is -2.02. The number of rotatable bonds is 4. The van der Waals surface area contributed by atoms with Gasteiger partial charge in [0.15, 0.2) is 0 Å². The van der Waals surface area contributed by atoms with Gasteiger partial charge in [0, 0.05) is 5.70 Å². The standard InChI is InChI=1S/C10H15NO2/c1-4-8(10(12)13)5-6-9(11)7(2)3/h4-7H,1,11H2,2-3H3,(H,12,13)/b8-5+,9-6-. The van der Waals surface area contributed by atoms with Gasteiger partial charge in [-0.1, -0.05) is 26.5 Å². The average molecular weight is 181 g/mol. The van der Waals surface area contributed by atoms with Crippen molar-refractivity contribution in [3.63, 3.8) is 0 Å². The molecular weight excluding hydrogens is 166 g/mol. The first-order valence-corrected chi connectivity index (χ1v) is 4.02. The molecule has 3 nitrogen and oxygen atoms in total. The van der Waals surface area contributed by atoms with Gasteiger partial charge in [-0.25, -0.2) is 4.79 Å². The highest BCUT2D eigenvalue weighted by Gasteiger charge is 2.00. The third-order valence-electron chi connectivity index (χ3n) is 1.59. The summed E-state index contributed by atoms with van der Waals surface area (Å²) in [6.07, 6.45) is 4.33. The quantitative estimate of drug-likeness (QED) is 0.512. The van der Waals surface area contributed by atoms with Crippen LogP contribution >= 0.6 is 0 Å². The summed E-state index contributed by atoms with van der Waals surface area (Å²) in [5.74, 6) is -0.779. The second kappa shape index (κ2) is 5.19. The van der Waals surface area contributed by atoms with E-state index in [1.807, 2.05) is 13.8 Å². The molecule has 0 radical (unpaired) electrons.